The third-order valence-electron chi connectivity index (χ3n) is 3.18. The molecule has 5 heteroatoms. The van der Waals surface area contributed by atoms with Crippen molar-refractivity contribution in [3.8, 4) is 5.75 Å². The Bertz CT molecular complexity index is 648. The molecular formula is C17H17BrFNO2. The molecule has 0 spiro atoms. The van der Waals surface area contributed by atoms with E-state index in [1.807, 2.05) is 26.0 Å². The molecule has 2 rings (SSSR count). The van der Waals surface area contributed by atoms with Gasteiger partial charge in [0, 0.05) is 11.0 Å². The largest absolute Gasteiger partial charge is 0.484 e. The Hall–Kier alpha value is -1.88. The zero-order valence-corrected chi connectivity index (χ0v) is 14.0. The Kier molecular flexibility index (Phi) is 5.55. The van der Waals surface area contributed by atoms with Crippen LogP contribution in [0.4, 0.5) is 4.39 Å². The molecule has 1 N–H and O–H groups in total. The minimum atomic E-state index is -0.292. The summed E-state index contributed by atoms with van der Waals surface area (Å²) in [5.41, 5.74) is 2.95. The van der Waals surface area contributed by atoms with Gasteiger partial charge in [-0.05, 0) is 54.8 Å². The number of hydrogen-bond acceptors (Lipinski definition) is 2. The van der Waals surface area contributed by atoms with Crippen molar-refractivity contribution in [1.29, 1.82) is 0 Å². The van der Waals surface area contributed by atoms with Crippen molar-refractivity contribution in [3.63, 3.8) is 0 Å². The molecule has 116 valence electrons. The SMILES string of the molecule is Cc1cc(OCC(=O)NCc2ccc(F)cc2)cc(C)c1Br. The Morgan fingerprint density at radius 2 is 1.77 bits per heavy atom. The van der Waals surface area contributed by atoms with Gasteiger partial charge in [-0.1, -0.05) is 28.1 Å². The van der Waals surface area contributed by atoms with Crippen molar-refractivity contribution in [3.05, 3.63) is 63.4 Å². The zero-order chi connectivity index (χ0) is 16.1. The summed E-state index contributed by atoms with van der Waals surface area (Å²) in [5, 5.41) is 2.73. The van der Waals surface area contributed by atoms with Gasteiger partial charge in [0.1, 0.15) is 11.6 Å². The zero-order valence-electron chi connectivity index (χ0n) is 12.5. The van der Waals surface area contributed by atoms with Crippen LogP contribution in [-0.2, 0) is 11.3 Å². The van der Waals surface area contributed by atoms with Gasteiger partial charge in [-0.25, -0.2) is 4.39 Å². The third kappa shape index (κ3) is 4.56. The highest BCUT2D eigenvalue weighted by molar-refractivity contribution is 9.10. The maximum Gasteiger partial charge on any atom is 0.258 e. The fourth-order valence-corrected chi connectivity index (χ4v) is 2.22. The fraction of sp³-hybridized carbons (Fsp3) is 0.235. The molecule has 1 amide bonds. The molecule has 0 aliphatic carbocycles. The van der Waals surface area contributed by atoms with Crippen molar-refractivity contribution in [2.75, 3.05) is 6.61 Å². The number of hydrogen-bond donors (Lipinski definition) is 1. The van der Waals surface area contributed by atoms with Crippen molar-refractivity contribution >= 4 is 21.8 Å². The highest BCUT2D eigenvalue weighted by Gasteiger charge is 2.06. The summed E-state index contributed by atoms with van der Waals surface area (Å²) in [5.74, 6) is 0.150. The third-order valence-corrected chi connectivity index (χ3v) is 4.43. The molecule has 0 saturated heterocycles. The summed E-state index contributed by atoms with van der Waals surface area (Å²) in [6.07, 6.45) is 0. The van der Waals surface area contributed by atoms with Crippen LogP contribution in [-0.4, -0.2) is 12.5 Å². The molecule has 0 radical (unpaired) electrons. The average Bonchev–Trinajstić information content (AvgIpc) is 2.50. The van der Waals surface area contributed by atoms with Crippen LogP contribution in [0.25, 0.3) is 0 Å². The van der Waals surface area contributed by atoms with E-state index in [0.29, 0.717) is 12.3 Å². The molecule has 0 aliphatic heterocycles. The smallest absolute Gasteiger partial charge is 0.258 e. The number of rotatable bonds is 5. The average molecular weight is 366 g/mol. The van der Waals surface area contributed by atoms with E-state index < -0.39 is 0 Å². The van der Waals surface area contributed by atoms with Crippen LogP contribution in [0.3, 0.4) is 0 Å². The predicted molar refractivity (Wildman–Crippen MR) is 87.4 cm³/mol. The van der Waals surface area contributed by atoms with Crippen LogP contribution < -0.4 is 10.1 Å². The molecule has 22 heavy (non-hydrogen) atoms. The normalized spacial score (nSPS) is 10.4. The van der Waals surface area contributed by atoms with E-state index in [-0.39, 0.29) is 18.3 Å². The van der Waals surface area contributed by atoms with E-state index in [0.717, 1.165) is 21.2 Å². The second kappa shape index (κ2) is 7.40. The Labute approximate surface area is 137 Å². The molecule has 2 aromatic rings. The highest BCUT2D eigenvalue weighted by atomic mass is 79.9. The van der Waals surface area contributed by atoms with E-state index in [4.69, 9.17) is 4.74 Å². The van der Waals surface area contributed by atoms with Crippen molar-refractivity contribution in [1.82, 2.24) is 5.32 Å². The Balaban J connectivity index is 1.84. The molecular weight excluding hydrogens is 349 g/mol. The second-order valence-electron chi connectivity index (χ2n) is 5.06. The van der Waals surface area contributed by atoms with Gasteiger partial charge in [0.2, 0.25) is 0 Å². The first-order valence-electron chi connectivity index (χ1n) is 6.86. The first kappa shape index (κ1) is 16.5. The van der Waals surface area contributed by atoms with Gasteiger partial charge < -0.3 is 10.1 Å². The second-order valence-corrected chi connectivity index (χ2v) is 5.86. The molecule has 0 unspecified atom stereocenters. The molecule has 0 heterocycles. The lowest BCUT2D eigenvalue weighted by Crippen LogP contribution is -2.28. The van der Waals surface area contributed by atoms with Crippen LogP contribution in [0.2, 0.25) is 0 Å². The molecule has 0 bridgehead atoms. The van der Waals surface area contributed by atoms with Gasteiger partial charge in [0.05, 0.1) is 0 Å². The van der Waals surface area contributed by atoms with Gasteiger partial charge in [0.25, 0.3) is 5.91 Å². The van der Waals surface area contributed by atoms with Crippen LogP contribution in [0.1, 0.15) is 16.7 Å². The highest BCUT2D eigenvalue weighted by Crippen LogP contribution is 2.26. The maximum absolute atomic E-state index is 12.8. The fourth-order valence-electron chi connectivity index (χ4n) is 1.99. The van der Waals surface area contributed by atoms with Crippen LogP contribution in [0.5, 0.6) is 5.75 Å². The van der Waals surface area contributed by atoms with Crippen LogP contribution in [0, 0.1) is 19.7 Å². The number of benzene rings is 2. The van der Waals surface area contributed by atoms with Crippen LogP contribution in [0.15, 0.2) is 40.9 Å². The number of amides is 1. The molecule has 0 saturated carbocycles. The molecule has 0 aliphatic rings. The Morgan fingerprint density at radius 1 is 1.18 bits per heavy atom. The van der Waals surface area contributed by atoms with Gasteiger partial charge in [-0.2, -0.15) is 0 Å². The van der Waals surface area contributed by atoms with Crippen LogP contribution >= 0.6 is 15.9 Å². The number of nitrogens with one attached hydrogen (secondary N) is 1. The summed E-state index contributed by atoms with van der Waals surface area (Å²) in [6, 6.07) is 9.77. The topological polar surface area (TPSA) is 38.3 Å². The summed E-state index contributed by atoms with van der Waals surface area (Å²) < 4.78 is 19.3. The first-order valence-corrected chi connectivity index (χ1v) is 7.65. The molecule has 3 nitrogen and oxygen atoms in total. The number of carbonyl (C=O) groups is 1. The maximum atomic E-state index is 12.8. The minimum Gasteiger partial charge on any atom is -0.484 e. The van der Waals surface area contributed by atoms with Gasteiger partial charge in [0.15, 0.2) is 6.61 Å². The summed E-state index contributed by atoms with van der Waals surface area (Å²) >= 11 is 3.49. The lowest BCUT2D eigenvalue weighted by atomic mass is 10.1. The van der Waals surface area contributed by atoms with Gasteiger partial charge in [-0.3, -0.25) is 4.79 Å². The molecule has 0 aromatic heterocycles. The number of carbonyl (C=O) groups excluding carboxylic acids is 1. The molecule has 0 atom stereocenters. The van der Waals surface area contributed by atoms with Gasteiger partial charge in [-0.15, -0.1) is 0 Å². The standard InChI is InChI=1S/C17H17BrFNO2/c1-11-7-15(8-12(2)17(11)18)22-10-16(21)20-9-13-3-5-14(19)6-4-13/h3-8H,9-10H2,1-2H3,(H,20,21). The number of aryl methyl sites for hydroxylation is 2. The van der Waals surface area contributed by atoms with Crippen molar-refractivity contribution < 1.29 is 13.9 Å². The predicted octanol–water partition coefficient (Wildman–Crippen LogP) is 3.90. The van der Waals surface area contributed by atoms with E-state index in [9.17, 15) is 9.18 Å². The molecule has 2 aromatic carbocycles. The summed E-state index contributed by atoms with van der Waals surface area (Å²) in [4.78, 5) is 11.8. The van der Waals surface area contributed by atoms with Crippen molar-refractivity contribution in [2.45, 2.75) is 20.4 Å². The van der Waals surface area contributed by atoms with Gasteiger partial charge >= 0.3 is 0 Å². The lowest BCUT2D eigenvalue weighted by molar-refractivity contribution is -0.123. The first-order chi connectivity index (χ1) is 10.5. The Morgan fingerprint density at radius 3 is 2.36 bits per heavy atom. The quantitative estimate of drug-likeness (QED) is 0.872. The number of halogens is 2. The number of ether oxygens (including phenoxy) is 1. The van der Waals surface area contributed by atoms with Crippen molar-refractivity contribution in [2.24, 2.45) is 0 Å². The van der Waals surface area contributed by atoms with E-state index in [1.165, 1.54) is 12.1 Å². The van der Waals surface area contributed by atoms with E-state index in [1.54, 1.807) is 12.1 Å². The van der Waals surface area contributed by atoms with E-state index >= 15 is 0 Å². The monoisotopic (exact) mass is 365 g/mol. The minimum absolute atomic E-state index is 0.0539. The van der Waals surface area contributed by atoms with E-state index in [2.05, 4.69) is 21.2 Å². The summed E-state index contributed by atoms with van der Waals surface area (Å²) in [6.45, 7) is 4.24. The lowest BCUT2D eigenvalue weighted by Gasteiger charge is -2.10. The molecule has 0 fully saturated rings. The summed E-state index contributed by atoms with van der Waals surface area (Å²) in [7, 11) is 0.